The summed E-state index contributed by atoms with van der Waals surface area (Å²) in [4.78, 5) is 14.8. The fraction of sp³-hybridized carbons (Fsp3) is 0.500. The Bertz CT molecular complexity index is 977. The van der Waals surface area contributed by atoms with Crippen LogP contribution >= 0.6 is 0 Å². The Morgan fingerprint density at radius 3 is 2.50 bits per heavy atom. The van der Waals surface area contributed by atoms with E-state index in [1.807, 2.05) is 18.7 Å². The highest BCUT2D eigenvalue weighted by Gasteiger charge is 2.20. The molecule has 28 heavy (non-hydrogen) atoms. The number of rotatable bonds is 7. The zero-order valence-corrected chi connectivity index (χ0v) is 17.7. The highest BCUT2D eigenvalue weighted by Crippen LogP contribution is 2.33. The van der Waals surface area contributed by atoms with Gasteiger partial charge in [-0.3, -0.25) is 0 Å². The van der Waals surface area contributed by atoms with Crippen LogP contribution in [-0.4, -0.2) is 38.3 Å². The topological polar surface area (TPSA) is 75.9 Å². The Morgan fingerprint density at radius 2 is 1.89 bits per heavy atom. The fourth-order valence-electron chi connectivity index (χ4n) is 3.58. The molecule has 0 saturated heterocycles. The summed E-state index contributed by atoms with van der Waals surface area (Å²) in [5.41, 5.74) is 6.81. The smallest absolute Gasteiger partial charge is 0.159 e. The molecular weight excluding hydrogens is 350 g/mol. The lowest BCUT2D eigenvalue weighted by Crippen LogP contribution is -2.05. The summed E-state index contributed by atoms with van der Waals surface area (Å²) in [5, 5.41) is 12.6. The molecule has 0 aliphatic carbocycles. The van der Waals surface area contributed by atoms with E-state index < -0.39 is 0 Å². The first-order valence-electron chi connectivity index (χ1n) is 10.1. The molecule has 6 heteroatoms. The van der Waals surface area contributed by atoms with Crippen molar-refractivity contribution in [3.8, 4) is 11.3 Å². The number of pyridine rings is 1. The van der Waals surface area contributed by atoms with Gasteiger partial charge in [-0.1, -0.05) is 27.7 Å². The van der Waals surface area contributed by atoms with Crippen LogP contribution in [0.2, 0.25) is 0 Å². The van der Waals surface area contributed by atoms with Gasteiger partial charge in [0.25, 0.3) is 0 Å². The van der Waals surface area contributed by atoms with Crippen molar-refractivity contribution in [1.29, 1.82) is 0 Å². The maximum atomic E-state index is 9.33. The summed E-state index contributed by atoms with van der Waals surface area (Å²) in [7, 11) is 3.89. The molecule has 3 aromatic heterocycles. The van der Waals surface area contributed by atoms with Gasteiger partial charge in [-0.05, 0) is 36.8 Å². The Balaban J connectivity index is 2.21. The molecule has 0 bridgehead atoms. The normalized spacial score (nSPS) is 12.7. The van der Waals surface area contributed by atoms with Gasteiger partial charge >= 0.3 is 0 Å². The van der Waals surface area contributed by atoms with E-state index >= 15 is 0 Å². The van der Waals surface area contributed by atoms with Gasteiger partial charge in [0, 0.05) is 43.7 Å². The molecule has 2 N–H and O–H groups in total. The second-order valence-electron chi connectivity index (χ2n) is 7.69. The van der Waals surface area contributed by atoms with Crippen LogP contribution in [0.25, 0.3) is 22.4 Å². The Kier molecular flexibility index (Phi) is 5.98. The standard InChI is InChI=1S/C22H31N5O/c1-7-17-19(15-8-9-18(13(2)3)25-21(15)23-5)26-22-20(24-17)16(12-27(22)6)14(4)10-11-28/h8-9,12-14,28H,7,10-11H2,1-6H3,(H,23,25)/t14-/m1/s1. The molecule has 0 unspecified atom stereocenters. The van der Waals surface area contributed by atoms with Crippen LogP contribution in [0.3, 0.4) is 0 Å². The quantitative estimate of drug-likeness (QED) is 0.640. The van der Waals surface area contributed by atoms with Crippen molar-refractivity contribution in [2.75, 3.05) is 19.0 Å². The first-order chi connectivity index (χ1) is 13.4. The fourth-order valence-corrected chi connectivity index (χ4v) is 3.58. The van der Waals surface area contributed by atoms with Crippen molar-refractivity contribution in [3.63, 3.8) is 0 Å². The van der Waals surface area contributed by atoms with E-state index in [1.54, 1.807) is 0 Å². The monoisotopic (exact) mass is 381 g/mol. The average molecular weight is 382 g/mol. The minimum atomic E-state index is 0.170. The van der Waals surface area contributed by atoms with Gasteiger partial charge in [0.15, 0.2) is 5.65 Å². The third kappa shape index (κ3) is 3.61. The minimum absolute atomic E-state index is 0.170. The zero-order valence-electron chi connectivity index (χ0n) is 17.7. The van der Waals surface area contributed by atoms with Crippen LogP contribution in [0.5, 0.6) is 0 Å². The van der Waals surface area contributed by atoms with Crippen LogP contribution in [-0.2, 0) is 13.5 Å². The largest absolute Gasteiger partial charge is 0.396 e. The summed E-state index contributed by atoms with van der Waals surface area (Å²) in [6.07, 6.45) is 3.60. The number of nitrogens with zero attached hydrogens (tertiary/aromatic N) is 4. The van der Waals surface area contributed by atoms with Crippen LogP contribution in [0.4, 0.5) is 5.82 Å². The zero-order chi connectivity index (χ0) is 20.4. The number of anilines is 1. The summed E-state index contributed by atoms with van der Waals surface area (Å²) in [6, 6.07) is 4.17. The first kappa shape index (κ1) is 20.3. The van der Waals surface area contributed by atoms with Crippen LogP contribution < -0.4 is 5.32 Å². The lowest BCUT2D eigenvalue weighted by Gasteiger charge is -2.14. The summed E-state index contributed by atoms with van der Waals surface area (Å²) in [6.45, 7) is 8.69. The molecule has 0 aromatic carbocycles. The molecule has 3 aromatic rings. The van der Waals surface area contributed by atoms with Gasteiger partial charge in [0.2, 0.25) is 0 Å². The number of aliphatic hydroxyl groups excluding tert-OH is 1. The molecular formula is C22H31N5O. The number of aryl methyl sites for hydroxylation is 2. The van der Waals surface area contributed by atoms with Crippen LogP contribution in [0.15, 0.2) is 18.3 Å². The van der Waals surface area contributed by atoms with E-state index in [2.05, 4.69) is 51.3 Å². The molecule has 150 valence electrons. The van der Waals surface area contributed by atoms with Gasteiger partial charge in [-0.15, -0.1) is 0 Å². The molecule has 3 rings (SSSR count). The second-order valence-corrected chi connectivity index (χ2v) is 7.69. The third-order valence-electron chi connectivity index (χ3n) is 5.32. The average Bonchev–Trinajstić information content (AvgIpc) is 3.02. The van der Waals surface area contributed by atoms with Crippen LogP contribution in [0.1, 0.15) is 62.9 Å². The maximum Gasteiger partial charge on any atom is 0.159 e. The van der Waals surface area contributed by atoms with E-state index in [4.69, 9.17) is 15.0 Å². The maximum absolute atomic E-state index is 9.33. The molecule has 0 aliphatic heterocycles. The summed E-state index contributed by atoms with van der Waals surface area (Å²) < 4.78 is 2.03. The molecule has 1 atom stereocenters. The highest BCUT2D eigenvalue weighted by atomic mass is 16.3. The van der Waals surface area contributed by atoms with E-state index in [9.17, 15) is 5.11 Å². The molecule has 0 aliphatic rings. The molecule has 0 amide bonds. The van der Waals surface area contributed by atoms with Crippen molar-refractivity contribution in [2.45, 2.75) is 52.4 Å². The van der Waals surface area contributed by atoms with Crippen molar-refractivity contribution < 1.29 is 5.11 Å². The van der Waals surface area contributed by atoms with Gasteiger partial charge in [0.05, 0.1) is 11.4 Å². The number of hydrogen-bond donors (Lipinski definition) is 2. The van der Waals surface area contributed by atoms with Crippen molar-refractivity contribution in [1.82, 2.24) is 19.5 Å². The number of aliphatic hydroxyl groups is 1. The Labute approximate surface area is 167 Å². The lowest BCUT2D eigenvalue weighted by atomic mass is 10.00. The number of hydrogen-bond acceptors (Lipinski definition) is 5. The Hall–Kier alpha value is -2.47. The van der Waals surface area contributed by atoms with E-state index in [0.717, 1.165) is 51.6 Å². The molecule has 0 radical (unpaired) electrons. The first-order valence-corrected chi connectivity index (χ1v) is 10.1. The SMILES string of the molecule is CCc1nc2c([C@H](C)CCO)cn(C)c2nc1-c1ccc(C(C)C)nc1NC. The van der Waals surface area contributed by atoms with Crippen molar-refractivity contribution in [2.24, 2.45) is 7.05 Å². The van der Waals surface area contributed by atoms with E-state index in [0.29, 0.717) is 12.3 Å². The van der Waals surface area contributed by atoms with Gasteiger partial charge in [-0.25, -0.2) is 15.0 Å². The number of nitrogens with one attached hydrogen (secondary N) is 1. The predicted molar refractivity (Wildman–Crippen MR) is 115 cm³/mol. The minimum Gasteiger partial charge on any atom is -0.396 e. The lowest BCUT2D eigenvalue weighted by molar-refractivity contribution is 0.279. The van der Waals surface area contributed by atoms with Gasteiger partial charge < -0.3 is 15.0 Å². The predicted octanol–water partition coefficient (Wildman–Crippen LogP) is 4.24. The number of aromatic nitrogens is 4. The van der Waals surface area contributed by atoms with E-state index in [1.165, 1.54) is 0 Å². The third-order valence-corrected chi connectivity index (χ3v) is 5.32. The van der Waals surface area contributed by atoms with Gasteiger partial charge in [-0.2, -0.15) is 0 Å². The second kappa shape index (κ2) is 8.27. The van der Waals surface area contributed by atoms with Crippen molar-refractivity contribution >= 4 is 17.0 Å². The number of fused-ring (bicyclic) bond motifs is 1. The Morgan fingerprint density at radius 1 is 1.14 bits per heavy atom. The summed E-state index contributed by atoms with van der Waals surface area (Å²) in [5.74, 6) is 1.43. The molecule has 0 spiro atoms. The van der Waals surface area contributed by atoms with Crippen molar-refractivity contribution in [3.05, 3.63) is 35.3 Å². The van der Waals surface area contributed by atoms with Crippen LogP contribution in [0, 0.1) is 0 Å². The molecule has 0 fully saturated rings. The van der Waals surface area contributed by atoms with E-state index in [-0.39, 0.29) is 12.5 Å². The molecule has 3 heterocycles. The molecule has 0 saturated carbocycles. The summed E-state index contributed by atoms with van der Waals surface area (Å²) >= 11 is 0. The highest BCUT2D eigenvalue weighted by molar-refractivity contribution is 5.83. The van der Waals surface area contributed by atoms with Gasteiger partial charge in [0.1, 0.15) is 11.3 Å². The molecule has 6 nitrogen and oxygen atoms in total.